The van der Waals surface area contributed by atoms with E-state index in [1.807, 2.05) is 32.0 Å². The SMILES string of the molecule is Cc1ccc(NC(=O)c2ccccc2NC(=S)NC(=O)C=Cc2ccco2)cc1C. The lowest BCUT2D eigenvalue weighted by Gasteiger charge is -2.13. The van der Waals surface area contributed by atoms with E-state index in [0.717, 1.165) is 11.1 Å². The van der Waals surface area contributed by atoms with Gasteiger partial charge in [0.2, 0.25) is 5.91 Å². The molecule has 0 atom stereocenters. The summed E-state index contributed by atoms with van der Waals surface area (Å²) in [7, 11) is 0. The average Bonchev–Trinajstić information content (AvgIpc) is 3.23. The number of nitrogens with one attached hydrogen (secondary N) is 3. The molecule has 152 valence electrons. The molecule has 0 radical (unpaired) electrons. The van der Waals surface area contributed by atoms with Crippen LogP contribution in [0.2, 0.25) is 0 Å². The second kappa shape index (κ2) is 9.67. The third-order valence-corrected chi connectivity index (χ3v) is 4.57. The number of furan rings is 1. The van der Waals surface area contributed by atoms with Gasteiger partial charge in [0.15, 0.2) is 5.11 Å². The number of carbonyl (C=O) groups is 2. The monoisotopic (exact) mass is 419 g/mol. The van der Waals surface area contributed by atoms with Gasteiger partial charge in [0.1, 0.15) is 5.76 Å². The standard InChI is InChI=1S/C23H21N3O3S/c1-15-9-10-17(14-16(15)2)24-22(28)19-7-3-4-8-20(19)25-23(30)26-21(27)12-11-18-6-5-13-29-18/h3-14H,1-2H3,(H,24,28)(H2,25,26,27,30). The number of hydrogen-bond acceptors (Lipinski definition) is 4. The molecule has 0 aliphatic heterocycles. The fourth-order valence-corrected chi connectivity index (χ4v) is 2.87. The quantitative estimate of drug-likeness (QED) is 0.413. The molecule has 1 heterocycles. The molecule has 0 bridgehead atoms. The van der Waals surface area contributed by atoms with Crippen LogP contribution in [0.3, 0.4) is 0 Å². The van der Waals surface area contributed by atoms with E-state index in [-0.39, 0.29) is 11.0 Å². The van der Waals surface area contributed by atoms with Gasteiger partial charge in [-0.05, 0) is 79.7 Å². The number of aryl methyl sites for hydroxylation is 2. The Morgan fingerprint density at radius 2 is 1.77 bits per heavy atom. The van der Waals surface area contributed by atoms with Gasteiger partial charge in [0.25, 0.3) is 5.91 Å². The van der Waals surface area contributed by atoms with Crippen molar-refractivity contribution in [3.8, 4) is 0 Å². The molecule has 0 unspecified atom stereocenters. The Morgan fingerprint density at radius 3 is 2.50 bits per heavy atom. The molecule has 3 aromatic rings. The summed E-state index contributed by atoms with van der Waals surface area (Å²) in [6.07, 6.45) is 4.36. The minimum absolute atomic E-state index is 0.0792. The maximum atomic E-state index is 12.8. The number of anilines is 2. The number of rotatable bonds is 5. The van der Waals surface area contributed by atoms with Gasteiger partial charge in [0, 0.05) is 11.8 Å². The molecule has 7 heteroatoms. The van der Waals surface area contributed by atoms with E-state index < -0.39 is 5.91 Å². The molecule has 0 saturated carbocycles. The zero-order chi connectivity index (χ0) is 21.5. The van der Waals surface area contributed by atoms with Crippen molar-refractivity contribution in [2.75, 3.05) is 10.6 Å². The predicted octanol–water partition coefficient (Wildman–Crippen LogP) is 4.68. The van der Waals surface area contributed by atoms with Crippen LogP contribution in [0, 0.1) is 13.8 Å². The lowest BCUT2D eigenvalue weighted by atomic mass is 10.1. The molecule has 2 amide bonds. The largest absolute Gasteiger partial charge is 0.465 e. The zero-order valence-electron chi connectivity index (χ0n) is 16.6. The summed E-state index contributed by atoms with van der Waals surface area (Å²) in [5, 5.41) is 8.41. The van der Waals surface area contributed by atoms with Gasteiger partial charge in [-0.3, -0.25) is 14.9 Å². The Kier molecular flexibility index (Phi) is 6.77. The molecule has 30 heavy (non-hydrogen) atoms. The highest BCUT2D eigenvalue weighted by Gasteiger charge is 2.13. The summed E-state index contributed by atoms with van der Waals surface area (Å²) in [5.74, 6) is -0.147. The fourth-order valence-electron chi connectivity index (χ4n) is 2.66. The first-order chi connectivity index (χ1) is 14.4. The van der Waals surface area contributed by atoms with Crippen molar-refractivity contribution in [1.82, 2.24) is 5.32 Å². The number of carbonyl (C=O) groups excluding carboxylic acids is 2. The molecule has 1 aromatic heterocycles. The topological polar surface area (TPSA) is 83.4 Å². The summed E-state index contributed by atoms with van der Waals surface area (Å²) in [5.41, 5.74) is 3.83. The van der Waals surface area contributed by atoms with Crippen LogP contribution in [0.1, 0.15) is 27.2 Å². The number of benzene rings is 2. The summed E-state index contributed by atoms with van der Waals surface area (Å²) in [6, 6.07) is 16.1. The lowest BCUT2D eigenvalue weighted by molar-refractivity contribution is -0.115. The first kappa shape index (κ1) is 21.0. The van der Waals surface area contributed by atoms with Crippen molar-refractivity contribution in [2.45, 2.75) is 13.8 Å². The van der Waals surface area contributed by atoms with Gasteiger partial charge < -0.3 is 15.1 Å². The molecule has 0 fully saturated rings. The molecule has 0 saturated heterocycles. The minimum atomic E-state index is -0.416. The molecular weight excluding hydrogens is 398 g/mol. The summed E-state index contributed by atoms with van der Waals surface area (Å²) < 4.78 is 5.13. The minimum Gasteiger partial charge on any atom is -0.465 e. The normalized spacial score (nSPS) is 10.6. The van der Waals surface area contributed by atoms with E-state index in [4.69, 9.17) is 16.6 Å². The molecule has 3 N–H and O–H groups in total. The van der Waals surface area contributed by atoms with Crippen molar-refractivity contribution < 1.29 is 14.0 Å². The highest BCUT2D eigenvalue weighted by Crippen LogP contribution is 2.19. The van der Waals surface area contributed by atoms with Crippen molar-refractivity contribution in [1.29, 1.82) is 0 Å². The Bertz CT molecular complexity index is 1100. The van der Waals surface area contributed by atoms with E-state index in [1.165, 1.54) is 18.4 Å². The fraction of sp³-hybridized carbons (Fsp3) is 0.0870. The lowest BCUT2D eigenvalue weighted by Crippen LogP contribution is -2.33. The molecule has 3 rings (SSSR count). The van der Waals surface area contributed by atoms with Crippen molar-refractivity contribution in [3.05, 3.63) is 89.4 Å². The molecule has 0 aliphatic carbocycles. The second-order valence-electron chi connectivity index (χ2n) is 6.59. The van der Waals surface area contributed by atoms with Gasteiger partial charge in [-0.15, -0.1) is 0 Å². The van der Waals surface area contributed by atoms with Crippen LogP contribution in [-0.4, -0.2) is 16.9 Å². The van der Waals surface area contributed by atoms with E-state index in [1.54, 1.807) is 36.4 Å². The van der Waals surface area contributed by atoms with Gasteiger partial charge >= 0.3 is 0 Å². The van der Waals surface area contributed by atoms with E-state index in [2.05, 4.69) is 16.0 Å². The van der Waals surface area contributed by atoms with Crippen molar-refractivity contribution in [3.63, 3.8) is 0 Å². The van der Waals surface area contributed by atoms with Gasteiger partial charge in [0.05, 0.1) is 17.5 Å². The van der Waals surface area contributed by atoms with Gasteiger partial charge in [-0.25, -0.2) is 0 Å². The molecule has 6 nitrogen and oxygen atoms in total. The van der Waals surface area contributed by atoms with Crippen molar-refractivity contribution in [2.24, 2.45) is 0 Å². The maximum absolute atomic E-state index is 12.8. The van der Waals surface area contributed by atoms with E-state index in [0.29, 0.717) is 22.7 Å². The first-order valence-electron chi connectivity index (χ1n) is 9.23. The summed E-state index contributed by atoms with van der Waals surface area (Å²) in [4.78, 5) is 24.8. The number of hydrogen-bond donors (Lipinski definition) is 3. The third kappa shape index (κ3) is 5.65. The van der Waals surface area contributed by atoms with Crippen LogP contribution < -0.4 is 16.0 Å². The number of para-hydroxylation sites is 1. The third-order valence-electron chi connectivity index (χ3n) is 4.36. The number of amides is 2. The van der Waals surface area contributed by atoms with Crippen LogP contribution in [0.25, 0.3) is 6.08 Å². The van der Waals surface area contributed by atoms with Crippen LogP contribution in [-0.2, 0) is 4.79 Å². The Balaban J connectivity index is 1.65. The average molecular weight is 420 g/mol. The van der Waals surface area contributed by atoms with Gasteiger partial charge in [-0.2, -0.15) is 0 Å². The molecule has 2 aromatic carbocycles. The van der Waals surface area contributed by atoms with Crippen LogP contribution in [0.4, 0.5) is 11.4 Å². The first-order valence-corrected chi connectivity index (χ1v) is 9.64. The Labute approximate surface area is 180 Å². The predicted molar refractivity (Wildman–Crippen MR) is 122 cm³/mol. The van der Waals surface area contributed by atoms with Crippen molar-refractivity contribution >= 4 is 46.6 Å². The smallest absolute Gasteiger partial charge is 0.257 e. The Morgan fingerprint density at radius 1 is 0.967 bits per heavy atom. The molecule has 0 spiro atoms. The van der Waals surface area contributed by atoms with E-state index >= 15 is 0 Å². The summed E-state index contributed by atoms with van der Waals surface area (Å²) in [6.45, 7) is 4.00. The van der Waals surface area contributed by atoms with Crippen LogP contribution in [0.15, 0.2) is 71.4 Å². The Hall–Kier alpha value is -3.71. The number of thiocarbonyl (C=S) groups is 1. The second-order valence-corrected chi connectivity index (χ2v) is 7.00. The highest BCUT2D eigenvalue weighted by molar-refractivity contribution is 7.80. The summed E-state index contributed by atoms with van der Waals surface area (Å²) >= 11 is 5.20. The van der Waals surface area contributed by atoms with Crippen LogP contribution in [0.5, 0.6) is 0 Å². The maximum Gasteiger partial charge on any atom is 0.257 e. The highest BCUT2D eigenvalue weighted by atomic mass is 32.1. The van der Waals surface area contributed by atoms with E-state index in [9.17, 15) is 9.59 Å². The molecular formula is C23H21N3O3S. The molecule has 0 aliphatic rings. The van der Waals surface area contributed by atoms with Crippen LogP contribution >= 0.6 is 12.2 Å². The van der Waals surface area contributed by atoms with Gasteiger partial charge in [-0.1, -0.05) is 18.2 Å². The zero-order valence-corrected chi connectivity index (χ0v) is 17.4.